The summed E-state index contributed by atoms with van der Waals surface area (Å²) in [4.78, 5) is 37.1. The van der Waals surface area contributed by atoms with Crippen molar-refractivity contribution in [3.8, 4) is 5.75 Å². The van der Waals surface area contributed by atoms with Crippen LogP contribution in [0, 0.1) is 0 Å². The van der Waals surface area contributed by atoms with Gasteiger partial charge in [-0.3, -0.25) is 14.4 Å². The van der Waals surface area contributed by atoms with E-state index in [0.29, 0.717) is 9.75 Å². The standard InChI is InChI=1S/C16H10O4S/c1-8(17)13-5-6-14(21-13)10-7-12(19)15-9(16(10)20)3-2-4-11(15)18/h2-7,18H,1H3. The topological polar surface area (TPSA) is 71.4 Å². The van der Waals surface area contributed by atoms with Gasteiger partial charge in [-0.15, -0.1) is 11.3 Å². The van der Waals surface area contributed by atoms with E-state index >= 15 is 0 Å². The molecule has 3 rings (SSSR count). The fraction of sp³-hybridized carbons (Fsp3) is 0.0625. The van der Waals surface area contributed by atoms with E-state index in [-0.39, 0.29) is 34.0 Å². The predicted molar refractivity (Wildman–Crippen MR) is 79.1 cm³/mol. The van der Waals surface area contributed by atoms with Crippen LogP contribution in [0.3, 0.4) is 0 Å². The monoisotopic (exact) mass is 298 g/mol. The number of thiophene rings is 1. The molecule has 0 spiro atoms. The molecule has 0 fully saturated rings. The minimum atomic E-state index is -0.407. The van der Waals surface area contributed by atoms with E-state index in [2.05, 4.69) is 0 Å². The van der Waals surface area contributed by atoms with Crippen molar-refractivity contribution < 1.29 is 19.5 Å². The van der Waals surface area contributed by atoms with Gasteiger partial charge in [-0.1, -0.05) is 12.1 Å². The number of carbonyl (C=O) groups excluding carboxylic acids is 3. The van der Waals surface area contributed by atoms with Crippen LogP contribution in [0.1, 0.15) is 42.2 Å². The van der Waals surface area contributed by atoms with E-state index in [1.165, 1.54) is 42.5 Å². The molecule has 21 heavy (non-hydrogen) atoms. The van der Waals surface area contributed by atoms with Crippen molar-refractivity contribution >= 4 is 34.3 Å². The maximum atomic E-state index is 12.5. The number of Topliss-reactive ketones (excluding diaryl/α,β-unsaturated/α-hetero) is 2. The third-order valence-electron chi connectivity index (χ3n) is 3.27. The Morgan fingerprint density at radius 1 is 1.14 bits per heavy atom. The second-order valence-corrected chi connectivity index (χ2v) is 5.75. The predicted octanol–water partition coefficient (Wildman–Crippen LogP) is 3.12. The van der Waals surface area contributed by atoms with Crippen LogP contribution in [-0.2, 0) is 0 Å². The van der Waals surface area contributed by atoms with Crippen molar-refractivity contribution in [3.63, 3.8) is 0 Å². The number of rotatable bonds is 2. The zero-order chi connectivity index (χ0) is 15.1. The zero-order valence-electron chi connectivity index (χ0n) is 11.0. The van der Waals surface area contributed by atoms with Crippen molar-refractivity contribution in [2.75, 3.05) is 0 Å². The smallest absolute Gasteiger partial charge is 0.195 e. The van der Waals surface area contributed by atoms with Crippen molar-refractivity contribution in [1.82, 2.24) is 0 Å². The van der Waals surface area contributed by atoms with Crippen LogP contribution in [0.25, 0.3) is 5.57 Å². The molecule has 104 valence electrons. The lowest BCUT2D eigenvalue weighted by atomic mass is 9.88. The van der Waals surface area contributed by atoms with Crippen LogP contribution in [0.15, 0.2) is 36.4 Å². The van der Waals surface area contributed by atoms with Crippen LogP contribution >= 0.6 is 11.3 Å². The first-order chi connectivity index (χ1) is 9.99. The van der Waals surface area contributed by atoms with Gasteiger partial charge in [0.2, 0.25) is 0 Å². The molecule has 0 atom stereocenters. The first kappa shape index (κ1) is 13.5. The molecule has 0 amide bonds. The van der Waals surface area contributed by atoms with Gasteiger partial charge in [-0.2, -0.15) is 0 Å². The van der Waals surface area contributed by atoms with E-state index in [1.807, 2.05) is 0 Å². The number of ketones is 3. The highest BCUT2D eigenvalue weighted by Crippen LogP contribution is 2.34. The van der Waals surface area contributed by atoms with E-state index < -0.39 is 5.78 Å². The quantitative estimate of drug-likeness (QED) is 0.865. The van der Waals surface area contributed by atoms with Gasteiger partial charge in [-0.25, -0.2) is 0 Å². The Kier molecular flexibility index (Phi) is 3.07. The van der Waals surface area contributed by atoms with Crippen LogP contribution in [-0.4, -0.2) is 22.5 Å². The van der Waals surface area contributed by atoms with E-state index in [1.54, 1.807) is 12.1 Å². The maximum Gasteiger partial charge on any atom is 0.195 e. The first-order valence-electron chi connectivity index (χ1n) is 6.23. The molecular formula is C16H10O4S. The molecule has 1 aromatic carbocycles. The molecule has 1 heterocycles. The maximum absolute atomic E-state index is 12.5. The Morgan fingerprint density at radius 3 is 2.57 bits per heavy atom. The SMILES string of the molecule is CC(=O)c1ccc(C2=CC(=O)c3c(O)cccc3C2=O)s1. The highest BCUT2D eigenvalue weighted by atomic mass is 32.1. The fourth-order valence-corrected chi connectivity index (χ4v) is 3.17. The minimum Gasteiger partial charge on any atom is -0.507 e. The summed E-state index contributed by atoms with van der Waals surface area (Å²) in [7, 11) is 0. The van der Waals surface area contributed by atoms with E-state index in [4.69, 9.17) is 0 Å². The molecular weight excluding hydrogens is 288 g/mol. The van der Waals surface area contributed by atoms with Gasteiger partial charge in [0.25, 0.3) is 0 Å². The average molecular weight is 298 g/mol. The molecule has 1 aliphatic carbocycles. The lowest BCUT2D eigenvalue weighted by molar-refractivity contribution is 0.0999. The Balaban J connectivity index is 2.12. The highest BCUT2D eigenvalue weighted by molar-refractivity contribution is 7.15. The normalized spacial score (nSPS) is 13.9. The van der Waals surface area contributed by atoms with Crippen molar-refractivity contribution in [3.05, 3.63) is 57.3 Å². The molecule has 1 N–H and O–H groups in total. The summed E-state index contributed by atoms with van der Waals surface area (Å²) in [6, 6.07) is 7.71. The number of phenols is 1. The average Bonchev–Trinajstić information content (AvgIpc) is 2.92. The molecule has 0 saturated heterocycles. The van der Waals surface area contributed by atoms with Gasteiger partial charge in [0.15, 0.2) is 17.3 Å². The summed E-state index contributed by atoms with van der Waals surface area (Å²) in [6.07, 6.45) is 1.22. The molecule has 1 aromatic heterocycles. The molecule has 1 aliphatic rings. The second kappa shape index (κ2) is 4.79. The molecule has 0 unspecified atom stereocenters. The number of aromatic hydroxyl groups is 1. The largest absolute Gasteiger partial charge is 0.507 e. The van der Waals surface area contributed by atoms with Gasteiger partial charge in [0.1, 0.15) is 5.75 Å². The lowest BCUT2D eigenvalue weighted by Crippen LogP contribution is -2.15. The molecule has 0 radical (unpaired) electrons. The van der Waals surface area contributed by atoms with Gasteiger partial charge in [0, 0.05) is 16.0 Å². The zero-order valence-corrected chi connectivity index (χ0v) is 11.9. The molecule has 0 saturated carbocycles. The number of allylic oxidation sites excluding steroid dienone is 2. The third kappa shape index (κ3) is 2.11. The van der Waals surface area contributed by atoms with Gasteiger partial charge in [0.05, 0.1) is 10.4 Å². The van der Waals surface area contributed by atoms with Gasteiger partial charge >= 0.3 is 0 Å². The Hall–Kier alpha value is -2.53. The number of benzene rings is 1. The molecule has 0 aliphatic heterocycles. The molecule has 2 aromatic rings. The van der Waals surface area contributed by atoms with Crippen LogP contribution in [0.2, 0.25) is 0 Å². The summed E-state index contributed by atoms with van der Waals surface area (Å²) in [6.45, 7) is 1.45. The summed E-state index contributed by atoms with van der Waals surface area (Å²) in [5.41, 5.74) is 0.487. The minimum absolute atomic E-state index is 0.0367. The third-order valence-corrected chi connectivity index (χ3v) is 4.49. The van der Waals surface area contributed by atoms with Crippen molar-refractivity contribution in [2.24, 2.45) is 0 Å². The van der Waals surface area contributed by atoms with E-state index in [0.717, 1.165) is 0 Å². The molecule has 4 nitrogen and oxygen atoms in total. The number of phenolic OH excluding ortho intramolecular Hbond substituents is 1. The summed E-state index contributed by atoms with van der Waals surface area (Å²) >= 11 is 1.18. The first-order valence-corrected chi connectivity index (χ1v) is 7.04. The van der Waals surface area contributed by atoms with Crippen LogP contribution in [0.5, 0.6) is 5.75 Å². The Morgan fingerprint density at radius 2 is 1.90 bits per heavy atom. The fourth-order valence-electron chi connectivity index (χ4n) is 2.26. The number of hydrogen-bond donors (Lipinski definition) is 1. The molecule has 0 bridgehead atoms. The van der Waals surface area contributed by atoms with Crippen molar-refractivity contribution in [2.45, 2.75) is 6.92 Å². The summed E-state index contributed by atoms with van der Waals surface area (Å²) in [5, 5.41) is 9.73. The number of carbonyl (C=O) groups is 3. The highest BCUT2D eigenvalue weighted by Gasteiger charge is 2.29. The van der Waals surface area contributed by atoms with Gasteiger partial charge < -0.3 is 5.11 Å². The Bertz CT molecular complexity index is 827. The van der Waals surface area contributed by atoms with Crippen molar-refractivity contribution in [1.29, 1.82) is 0 Å². The summed E-state index contributed by atoms with van der Waals surface area (Å²) < 4.78 is 0. The van der Waals surface area contributed by atoms with Crippen LogP contribution < -0.4 is 0 Å². The summed E-state index contributed by atoms with van der Waals surface area (Å²) in [5.74, 6) is -1.01. The van der Waals surface area contributed by atoms with Crippen LogP contribution in [0.4, 0.5) is 0 Å². The number of fused-ring (bicyclic) bond motifs is 1. The van der Waals surface area contributed by atoms with E-state index in [9.17, 15) is 19.5 Å². The lowest BCUT2D eigenvalue weighted by Gasteiger charge is -2.14. The van der Waals surface area contributed by atoms with Gasteiger partial charge in [-0.05, 0) is 31.2 Å². The Labute approximate surface area is 124 Å². The molecule has 5 heteroatoms. The second-order valence-electron chi connectivity index (χ2n) is 4.67. The number of hydrogen-bond acceptors (Lipinski definition) is 5.